The van der Waals surface area contributed by atoms with Gasteiger partial charge in [0, 0.05) is 19.3 Å². The highest BCUT2D eigenvalue weighted by Crippen LogP contribution is 2.15. The first-order valence-electron chi connectivity index (χ1n) is 22.0. The van der Waals surface area contributed by atoms with Gasteiger partial charge in [0.15, 0.2) is 6.10 Å². The van der Waals surface area contributed by atoms with Gasteiger partial charge in [-0.15, -0.1) is 0 Å². The molecule has 0 amide bonds. The number of carbonyl (C=O) groups is 3. The van der Waals surface area contributed by atoms with Gasteiger partial charge in [-0.25, -0.2) is 0 Å². The molecule has 6 nitrogen and oxygen atoms in total. The van der Waals surface area contributed by atoms with Gasteiger partial charge in [-0.2, -0.15) is 0 Å². The van der Waals surface area contributed by atoms with Crippen LogP contribution < -0.4 is 0 Å². The second-order valence-electron chi connectivity index (χ2n) is 15.0. The summed E-state index contributed by atoms with van der Waals surface area (Å²) in [5, 5.41) is 0. The van der Waals surface area contributed by atoms with Crippen LogP contribution in [0, 0.1) is 0 Å². The lowest BCUT2D eigenvalue weighted by atomic mass is 10.0. The molecular weight excluding hydrogens is 624 g/mol. The maximum atomic E-state index is 12.6. The Morgan fingerprint density at radius 2 is 0.540 bits per heavy atom. The van der Waals surface area contributed by atoms with Crippen molar-refractivity contribution in [2.75, 3.05) is 13.2 Å². The van der Waals surface area contributed by atoms with Crippen molar-refractivity contribution in [1.82, 2.24) is 0 Å². The number of hydrogen-bond donors (Lipinski definition) is 0. The zero-order valence-electron chi connectivity index (χ0n) is 33.7. The maximum absolute atomic E-state index is 12.6. The van der Waals surface area contributed by atoms with E-state index in [0.29, 0.717) is 19.3 Å². The molecule has 0 aliphatic heterocycles. The molecule has 0 fully saturated rings. The lowest BCUT2D eigenvalue weighted by Crippen LogP contribution is -2.30. The molecule has 0 aromatic heterocycles. The molecule has 0 saturated heterocycles. The molecule has 0 radical (unpaired) electrons. The first-order chi connectivity index (χ1) is 24.5. The predicted molar refractivity (Wildman–Crippen MR) is 210 cm³/mol. The Bertz CT molecular complexity index is 738. The summed E-state index contributed by atoms with van der Waals surface area (Å²) in [6.07, 6.45) is 39.4. The van der Waals surface area contributed by atoms with Crippen molar-refractivity contribution < 1.29 is 28.6 Å². The van der Waals surface area contributed by atoms with Crippen molar-refractivity contribution in [2.45, 2.75) is 252 Å². The molecule has 0 aliphatic carbocycles. The second-order valence-corrected chi connectivity index (χ2v) is 15.0. The summed E-state index contributed by atoms with van der Waals surface area (Å²) in [7, 11) is 0. The summed E-state index contributed by atoms with van der Waals surface area (Å²) in [6.45, 7) is 6.61. The Morgan fingerprint density at radius 3 is 0.800 bits per heavy atom. The van der Waals surface area contributed by atoms with Crippen LogP contribution >= 0.6 is 0 Å². The fourth-order valence-corrected chi connectivity index (χ4v) is 6.50. The summed E-state index contributed by atoms with van der Waals surface area (Å²) < 4.78 is 16.6. The lowest BCUT2D eigenvalue weighted by molar-refractivity contribution is -0.167. The van der Waals surface area contributed by atoms with Gasteiger partial charge in [-0.3, -0.25) is 14.4 Å². The molecule has 0 rings (SSSR count). The molecule has 0 aromatic rings. The number of esters is 3. The highest BCUT2D eigenvalue weighted by Gasteiger charge is 2.19. The molecule has 0 bridgehead atoms. The van der Waals surface area contributed by atoms with E-state index in [4.69, 9.17) is 14.2 Å². The van der Waals surface area contributed by atoms with Gasteiger partial charge in [0.25, 0.3) is 0 Å². The van der Waals surface area contributed by atoms with E-state index in [1.165, 1.54) is 148 Å². The Labute approximate surface area is 310 Å². The van der Waals surface area contributed by atoms with Gasteiger partial charge in [0.05, 0.1) is 0 Å². The quantitative estimate of drug-likeness (QED) is 0.0358. The van der Waals surface area contributed by atoms with Crippen LogP contribution in [0.1, 0.15) is 245 Å². The van der Waals surface area contributed by atoms with Gasteiger partial charge in [-0.05, 0) is 19.3 Å². The number of rotatable bonds is 40. The molecule has 0 saturated carbocycles. The average Bonchev–Trinajstić information content (AvgIpc) is 3.11. The summed E-state index contributed by atoms with van der Waals surface area (Å²) in [6, 6.07) is 0. The monoisotopic (exact) mass is 709 g/mol. The van der Waals surface area contributed by atoms with Gasteiger partial charge >= 0.3 is 17.9 Å². The molecule has 6 heteroatoms. The van der Waals surface area contributed by atoms with E-state index in [2.05, 4.69) is 20.8 Å². The molecule has 1 unspecified atom stereocenters. The first-order valence-corrected chi connectivity index (χ1v) is 22.0. The van der Waals surface area contributed by atoms with E-state index in [-0.39, 0.29) is 31.1 Å². The minimum Gasteiger partial charge on any atom is -0.462 e. The van der Waals surface area contributed by atoms with E-state index >= 15 is 0 Å². The second kappa shape index (κ2) is 40.2. The van der Waals surface area contributed by atoms with Crippen molar-refractivity contribution in [2.24, 2.45) is 0 Å². The van der Waals surface area contributed by atoms with Crippen molar-refractivity contribution in [3.05, 3.63) is 0 Å². The van der Waals surface area contributed by atoms with Gasteiger partial charge in [-0.1, -0.05) is 207 Å². The van der Waals surface area contributed by atoms with Crippen molar-refractivity contribution in [3.63, 3.8) is 0 Å². The zero-order valence-corrected chi connectivity index (χ0v) is 33.7. The fourth-order valence-electron chi connectivity index (χ4n) is 6.50. The van der Waals surface area contributed by atoms with Crippen LogP contribution in [-0.4, -0.2) is 37.2 Å². The number of unbranched alkanes of at least 4 members (excludes halogenated alkanes) is 29. The molecule has 0 N–H and O–H groups in total. The van der Waals surface area contributed by atoms with Crippen molar-refractivity contribution >= 4 is 17.9 Å². The summed E-state index contributed by atoms with van der Waals surface area (Å²) in [4.78, 5) is 37.5. The fraction of sp³-hybridized carbons (Fsp3) is 0.932. The Morgan fingerprint density at radius 1 is 0.320 bits per heavy atom. The normalized spacial score (nSPS) is 11.8. The average molecular weight is 709 g/mol. The van der Waals surface area contributed by atoms with E-state index in [1.807, 2.05) is 0 Å². The van der Waals surface area contributed by atoms with Crippen LogP contribution in [-0.2, 0) is 28.6 Å². The molecule has 50 heavy (non-hydrogen) atoms. The molecular formula is C44H84O6. The topological polar surface area (TPSA) is 78.9 Å². The third-order valence-electron chi connectivity index (χ3n) is 9.86. The highest BCUT2D eigenvalue weighted by atomic mass is 16.6. The number of ether oxygens (including phenoxy) is 3. The van der Waals surface area contributed by atoms with E-state index in [0.717, 1.165) is 57.8 Å². The smallest absolute Gasteiger partial charge is 0.306 e. The SMILES string of the molecule is CCCCCCCCCCCCCCCCC(=O)OCC(COC(=O)CCCCCCCCCCC)OC(=O)CCCCCCCCCCC. The van der Waals surface area contributed by atoms with Crippen LogP contribution in [0.3, 0.4) is 0 Å². The lowest BCUT2D eigenvalue weighted by Gasteiger charge is -2.18. The van der Waals surface area contributed by atoms with E-state index in [9.17, 15) is 14.4 Å². The Hall–Kier alpha value is -1.59. The molecule has 0 spiro atoms. The standard InChI is InChI=1S/C44H84O6/c1-4-7-10-13-16-19-20-21-22-23-26-28-31-34-37-43(46)49-40-41(50-44(47)38-35-32-29-25-18-15-12-9-6-3)39-48-42(45)36-33-30-27-24-17-14-11-8-5-2/h41H,4-40H2,1-3H3. The zero-order chi connectivity index (χ0) is 36.6. The van der Waals surface area contributed by atoms with E-state index < -0.39 is 6.10 Å². The Balaban J connectivity index is 4.27. The van der Waals surface area contributed by atoms with Crippen molar-refractivity contribution in [3.8, 4) is 0 Å². The van der Waals surface area contributed by atoms with E-state index in [1.54, 1.807) is 0 Å². The van der Waals surface area contributed by atoms with Gasteiger partial charge in [0.1, 0.15) is 13.2 Å². The predicted octanol–water partition coefficient (Wildman–Crippen LogP) is 13.7. The summed E-state index contributed by atoms with van der Waals surface area (Å²) in [5.41, 5.74) is 0. The number of hydrogen-bond acceptors (Lipinski definition) is 6. The molecule has 0 aromatic carbocycles. The molecule has 0 aliphatic rings. The van der Waals surface area contributed by atoms with Crippen LogP contribution in [0.15, 0.2) is 0 Å². The van der Waals surface area contributed by atoms with Gasteiger partial charge in [0.2, 0.25) is 0 Å². The summed E-state index contributed by atoms with van der Waals surface area (Å²) in [5.74, 6) is -0.859. The highest BCUT2D eigenvalue weighted by molar-refractivity contribution is 5.71. The minimum atomic E-state index is -0.756. The first kappa shape index (κ1) is 48.4. The maximum Gasteiger partial charge on any atom is 0.306 e. The van der Waals surface area contributed by atoms with Crippen LogP contribution in [0.25, 0.3) is 0 Å². The van der Waals surface area contributed by atoms with Crippen LogP contribution in [0.5, 0.6) is 0 Å². The molecule has 1 atom stereocenters. The molecule has 0 heterocycles. The third kappa shape index (κ3) is 37.7. The number of carbonyl (C=O) groups excluding carboxylic acids is 3. The Kier molecular flexibility index (Phi) is 38.9. The van der Waals surface area contributed by atoms with Gasteiger partial charge < -0.3 is 14.2 Å². The van der Waals surface area contributed by atoms with Crippen LogP contribution in [0.2, 0.25) is 0 Å². The summed E-state index contributed by atoms with van der Waals surface area (Å²) >= 11 is 0. The van der Waals surface area contributed by atoms with Crippen molar-refractivity contribution in [1.29, 1.82) is 0 Å². The third-order valence-corrected chi connectivity index (χ3v) is 9.86. The largest absolute Gasteiger partial charge is 0.462 e. The van der Waals surface area contributed by atoms with Crippen LogP contribution in [0.4, 0.5) is 0 Å². The minimum absolute atomic E-state index is 0.0632. The molecule has 296 valence electrons.